The van der Waals surface area contributed by atoms with Crippen molar-refractivity contribution in [3.63, 3.8) is 0 Å². The molecule has 0 N–H and O–H groups in total. The van der Waals surface area contributed by atoms with Gasteiger partial charge in [0.2, 0.25) is 11.8 Å². The molecule has 1 fully saturated rings. The largest absolute Gasteiger partial charge is 0.471 e. The van der Waals surface area contributed by atoms with Crippen LogP contribution in [0.2, 0.25) is 0 Å². The van der Waals surface area contributed by atoms with Gasteiger partial charge >= 0.3 is 0 Å². The van der Waals surface area contributed by atoms with Gasteiger partial charge in [0.1, 0.15) is 6.10 Å². The number of hydrogen-bond acceptors (Lipinski definition) is 7. The zero-order valence-electron chi connectivity index (χ0n) is 18.4. The van der Waals surface area contributed by atoms with Crippen LogP contribution in [0.25, 0.3) is 0 Å². The number of fused-ring (bicyclic) bond motifs is 1. The van der Waals surface area contributed by atoms with E-state index in [0.717, 1.165) is 18.7 Å². The highest BCUT2D eigenvalue weighted by Crippen LogP contribution is 2.23. The lowest BCUT2D eigenvalue weighted by Crippen LogP contribution is -2.44. The van der Waals surface area contributed by atoms with Crippen molar-refractivity contribution in [1.29, 1.82) is 0 Å². The number of carbonyl (C=O) groups excluding carboxylic acids is 3. The highest BCUT2D eigenvalue weighted by molar-refractivity contribution is 6.21. The number of anilines is 1. The van der Waals surface area contributed by atoms with Gasteiger partial charge in [-0.2, -0.15) is 0 Å². The molecule has 0 spiro atoms. The third kappa shape index (κ3) is 4.56. The van der Waals surface area contributed by atoms with Crippen LogP contribution < -0.4 is 9.64 Å². The van der Waals surface area contributed by atoms with E-state index in [1.165, 1.54) is 4.90 Å². The summed E-state index contributed by atoms with van der Waals surface area (Å²) in [6.45, 7) is 1.40. The fourth-order valence-electron chi connectivity index (χ4n) is 4.03. The second-order valence-electron chi connectivity index (χ2n) is 8.26. The number of benzene rings is 1. The van der Waals surface area contributed by atoms with E-state index in [0.29, 0.717) is 36.5 Å². The minimum absolute atomic E-state index is 0.00366. The Balaban J connectivity index is 1.26. The molecule has 2 aliphatic heterocycles. The van der Waals surface area contributed by atoms with Crippen LogP contribution in [0.1, 0.15) is 46.4 Å². The standard InChI is InChI=1S/C23H27N5O4/c1-26(2)19-11-12-20(25-24-19)32-16-7-5-13-27(15-16)21(29)10-6-14-28-22(30)17-8-3-4-9-18(17)23(28)31/h3-4,8-9,11-12,16H,5-7,10,13-15H2,1-2H3. The summed E-state index contributed by atoms with van der Waals surface area (Å²) in [6, 6.07) is 10.4. The Hall–Kier alpha value is -3.49. The van der Waals surface area contributed by atoms with Gasteiger partial charge in [0.25, 0.3) is 11.8 Å². The minimum atomic E-state index is -0.286. The quantitative estimate of drug-likeness (QED) is 0.611. The number of hydrogen-bond donors (Lipinski definition) is 0. The van der Waals surface area contributed by atoms with Crippen LogP contribution in [0.3, 0.4) is 0 Å². The van der Waals surface area contributed by atoms with Crippen LogP contribution in [0.4, 0.5) is 5.82 Å². The molecule has 1 aromatic carbocycles. The number of ether oxygens (including phenoxy) is 1. The summed E-state index contributed by atoms with van der Waals surface area (Å²) >= 11 is 0. The Kier molecular flexibility index (Phi) is 6.34. The van der Waals surface area contributed by atoms with Gasteiger partial charge in [-0.05, 0) is 37.5 Å². The summed E-state index contributed by atoms with van der Waals surface area (Å²) in [5, 5.41) is 8.22. The second kappa shape index (κ2) is 9.33. The molecule has 0 saturated carbocycles. The Labute approximate surface area is 187 Å². The van der Waals surface area contributed by atoms with E-state index in [2.05, 4.69) is 10.2 Å². The van der Waals surface area contributed by atoms with Crippen LogP contribution in [0, 0.1) is 0 Å². The lowest BCUT2D eigenvalue weighted by molar-refractivity contribution is -0.134. The maximum Gasteiger partial charge on any atom is 0.261 e. The predicted octanol–water partition coefficient (Wildman–Crippen LogP) is 1.99. The molecule has 1 saturated heterocycles. The highest BCUT2D eigenvalue weighted by atomic mass is 16.5. The molecule has 0 aliphatic carbocycles. The molecular formula is C23H27N5O4. The molecule has 4 rings (SSSR count). The maximum atomic E-state index is 12.7. The lowest BCUT2D eigenvalue weighted by Gasteiger charge is -2.32. The number of nitrogens with zero attached hydrogens (tertiary/aromatic N) is 5. The first-order chi connectivity index (χ1) is 15.4. The molecule has 1 unspecified atom stereocenters. The van der Waals surface area contributed by atoms with Gasteiger partial charge in [-0.15, -0.1) is 10.2 Å². The van der Waals surface area contributed by atoms with Crippen LogP contribution in [-0.2, 0) is 4.79 Å². The maximum absolute atomic E-state index is 12.7. The van der Waals surface area contributed by atoms with Gasteiger partial charge in [0.15, 0.2) is 5.82 Å². The average molecular weight is 438 g/mol. The number of amides is 3. The Morgan fingerprint density at radius 3 is 2.44 bits per heavy atom. The van der Waals surface area contributed by atoms with E-state index >= 15 is 0 Å². The van der Waals surface area contributed by atoms with Gasteiger partial charge in [0.05, 0.1) is 17.7 Å². The van der Waals surface area contributed by atoms with Crippen LogP contribution >= 0.6 is 0 Å². The van der Waals surface area contributed by atoms with Gasteiger partial charge in [-0.3, -0.25) is 19.3 Å². The second-order valence-corrected chi connectivity index (χ2v) is 8.26. The molecule has 9 nitrogen and oxygen atoms in total. The van der Waals surface area contributed by atoms with Crippen LogP contribution in [0.5, 0.6) is 5.88 Å². The fourth-order valence-corrected chi connectivity index (χ4v) is 4.03. The van der Waals surface area contributed by atoms with Gasteiger partial charge < -0.3 is 14.5 Å². The zero-order chi connectivity index (χ0) is 22.7. The van der Waals surface area contributed by atoms with Gasteiger partial charge in [-0.1, -0.05) is 12.1 Å². The van der Waals surface area contributed by atoms with E-state index in [9.17, 15) is 14.4 Å². The summed E-state index contributed by atoms with van der Waals surface area (Å²) in [7, 11) is 3.78. The van der Waals surface area contributed by atoms with Crippen LogP contribution in [-0.4, -0.2) is 77.6 Å². The zero-order valence-corrected chi connectivity index (χ0v) is 18.4. The molecule has 0 radical (unpaired) electrons. The molecule has 3 amide bonds. The smallest absolute Gasteiger partial charge is 0.261 e. The number of piperidine rings is 1. The van der Waals surface area contributed by atoms with Crippen molar-refractivity contribution in [1.82, 2.24) is 20.0 Å². The number of likely N-dealkylation sites (tertiary alicyclic amines) is 1. The molecule has 1 aromatic heterocycles. The monoisotopic (exact) mass is 437 g/mol. The van der Waals surface area contributed by atoms with Gasteiger partial charge in [0, 0.05) is 39.7 Å². The van der Waals surface area contributed by atoms with Crippen molar-refractivity contribution in [3.05, 3.63) is 47.5 Å². The first kappa shape index (κ1) is 21.7. The van der Waals surface area contributed by atoms with E-state index < -0.39 is 0 Å². The summed E-state index contributed by atoms with van der Waals surface area (Å²) in [4.78, 5) is 42.5. The summed E-state index contributed by atoms with van der Waals surface area (Å²) in [6.07, 6.45) is 2.26. The van der Waals surface area contributed by atoms with Crippen molar-refractivity contribution in [2.24, 2.45) is 0 Å². The molecule has 0 bridgehead atoms. The summed E-state index contributed by atoms with van der Waals surface area (Å²) in [5.41, 5.74) is 0.864. The fraction of sp³-hybridized carbons (Fsp3) is 0.435. The SMILES string of the molecule is CN(C)c1ccc(OC2CCCN(C(=O)CCCN3C(=O)c4ccccc4C3=O)C2)nn1. The molecule has 2 aromatic rings. The third-order valence-corrected chi connectivity index (χ3v) is 5.75. The molecule has 3 heterocycles. The lowest BCUT2D eigenvalue weighted by atomic mass is 10.1. The van der Waals surface area contributed by atoms with Crippen molar-refractivity contribution in [2.45, 2.75) is 31.8 Å². The third-order valence-electron chi connectivity index (χ3n) is 5.75. The van der Waals surface area contributed by atoms with E-state index in [1.807, 2.05) is 25.1 Å². The van der Waals surface area contributed by atoms with E-state index in [1.54, 1.807) is 35.2 Å². The molecule has 2 aliphatic rings. The first-order valence-corrected chi connectivity index (χ1v) is 10.8. The molecule has 1 atom stereocenters. The topological polar surface area (TPSA) is 95.9 Å². The molecule has 168 valence electrons. The van der Waals surface area contributed by atoms with E-state index in [4.69, 9.17) is 4.74 Å². The minimum Gasteiger partial charge on any atom is -0.471 e. The number of aromatic nitrogens is 2. The molecule has 9 heteroatoms. The normalized spacial score (nSPS) is 18.0. The Morgan fingerprint density at radius 2 is 1.81 bits per heavy atom. The van der Waals surface area contributed by atoms with Crippen molar-refractivity contribution in [2.75, 3.05) is 38.6 Å². The number of imide groups is 1. The molecule has 32 heavy (non-hydrogen) atoms. The first-order valence-electron chi connectivity index (χ1n) is 10.8. The Bertz CT molecular complexity index is 973. The number of rotatable bonds is 7. The van der Waals surface area contributed by atoms with Crippen molar-refractivity contribution < 1.29 is 19.1 Å². The average Bonchev–Trinajstić information content (AvgIpc) is 3.04. The summed E-state index contributed by atoms with van der Waals surface area (Å²) < 4.78 is 5.94. The highest BCUT2D eigenvalue weighted by Gasteiger charge is 2.34. The summed E-state index contributed by atoms with van der Waals surface area (Å²) in [5.74, 6) is 0.622. The van der Waals surface area contributed by atoms with Crippen molar-refractivity contribution >= 4 is 23.5 Å². The van der Waals surface area contributed by atoms with Crippen LogP contribution in [0.15, 0.2) is 36.4 Å². The van der Waals surface area contributed by atoms with Gasteiger partial charge in [-0.25, -0.2) is 0 Å². The van der Waals surface area contributed by atoms with E-state index in [-0.39, 0.29) is 36.8 Å². The molecular weight excluding hydrogens is 410 g/mol. The Morgan fingerprint density at radius 1 is 1.09 bits per heavy atom. The van der Waals surface area contributed by atoms with Crippen molar-refractivity contribution in [3.8, 4) is 5.88 Å². The number of carbonyl (C=O) groups is 3. The predicted molar refractivity (Wildman–Crippen MR) is 118 cm³/mol.